The summed E-state index contributed by atoms with van der Waals surface area (Å²) in [6, 6.07) is 8.13. The predicted molar refractivity (Wildman–Crippen MR) is 113 cm³/mol. The quantitative estimate of drug-likeness (QED) is 0.432. The molecule has 2 aromatic rings. The van der Waals surface area contributed by atoms with Crippen molar-refractivity contribution in [1.29, 1.82) is 0 Å². The molecule has 0 aliphatic rings. The van der Waals surface area contributed by atoms with Crippen LogP contribution in [0.2, 0.25) is 0 Å². The average Bonchev–Trinajstić information content (AvgIpc) is 2.65. The number of benzene rings is 2. The molecule has 2 N–H and O–H groups in total. The Bertz CT molecular complexity index is 833. The van der Waals surface area contributed by atoms with Gasteiger partial charge in [0, 0.05) is 5.56 Å². The van der Waals surface area contributed by atoms with Crippen LogP contribution < -0.4 is 4.74 Å². The van der Waals surface area contributed by atoms with E-state index in [-0.39, 0.29) is 23.4 Å². The highest BCUT2D eigenvalue weighted by Gasteiger charge is 2.18. The minimum Gasteiger partial charge on any atom is -0.508 e. The molecule has 0 amide bonds. The molecular formula is C24H30O4. The molecule has 0 bridgehead atoms. The van der Waals surface area contributed by atoms with Crippen molar-refractivity contribution in [3.63, 3.8) is 0 Å². The number of hydrogen-bond donors (Lipinski definition) is 2. The van der Waals surface area contributed by atoms with E-state index in [4.69, 9.17) is 4.74 Å². The van der Waals surface area contributed by atoms with Crippen LogP contribution in [0.3, 0.4) is 0 Å². The molecule has 0 saturated heterocycles. The van der Waals surface area contributed by atoms with Gasteiger partial charge in [0.05, 0.1) is 11.7 Å². The third-order valence-corrected chi connectivity index (χ3v) is 4.39. The van der Waals surface area contributed by atoms with Gasteiger partial charge in [-0.15, -0.1) is 0 Å². The summed E-state index contributed by atoms with van der Waals surface area (Å²) in [7, 11) is 0. The number of allylic oxidation sites excluding steroid dienone is 1. The van der Waals surface area contributed by atoms with Gasteiger partial charge in [0.2, 0.25) is 0 Å². The Morgan fingerprint density at radius 3 is 2.21 bits per heavy atom. The van der Waals surface area contributed by atoms with E-state index in [0.717, 1.165) is 36.8 Å². The lowest BCUT2D eigenvalue weighted by Gasteiger charge is -2.20. The lowest BCUT2D eigenvalue weighted by atomic mass is 9.96. The van der Waals surface area contributed by atoms with Crippen molar-refractivity contribution < 1.29 is 19.7 Å². The van der Waals surface area contributed by atoms with Crippen LogP contribution >= 0.6 is 0 Å². The number of carbonyl (C=O) groups is 1. The number of phenolic OH excluding ortho intramolecular Hbond substituents is 2. The highest BCUT2D eigenvalue weighted by molar-refractivity contribution is 6.07. The van der Waals surface area contributed by atoms with Gasteiger partial charge < -0.3 is 14.9 Å². The first-order valence-corrected chi connectivity index (χ1v) is 9.93. The van der Waals surface area contributed by atoms with Gasteiger partial charge >= 0.3 is 0 Å². The molecule has 0 saturated carbocycles. The van der Waals surface area contributed by atoms with Crippen molar-refractivity contribution in [2.45, 2.75) is 59.5 Å². The Morgan fingerprint density at radius 1 is 1.04 bits per heavy atom. The maximum absolute atomic E-state index is 12.5. The fourth-order valence-electron chi connectivity index (χ4n) is 3.12. The minimum atomic E-state index is -0.201. The Kier molecular flexibility index (Phi) is 7.68. The first-order chi connectivity index (χ1) is 13.4. The van der Waals surface area contributed by atoms with Gasteiger partial charge in [0.25, 0.3) is 0 Å². The Morgan fingerprint density at radius 2 is 1.64 bits per heavy atom. The van der Waals surface area contributed by atoms with Gasteiger partial charge in [-0.3, -0.25) is 4.79 Å². The van der Waals surface area contributed by atoms with E-state index in [9.17, 15) is 15.0 Å². The van der Waals surface area contributed by atoms with Crippen LogP contribution in [0.4, 0.5) is 0 Å². The molecule has 0 radical (unpaired) electrons. The first-order valence-electron chi connectivity index (χ1n) is 9.93. The normalized spacial score (nSPS) is 11.3. The van der Waals surface area contributed by atoms with Crippen molar-refractivity contribution in [2.24, 2.45) is 0 Å². The summed E-state index contributed by atoms with van der Waals surface area (Å²) >= 11 is 0. The molecule has 0 unspecified atom stereocenters. The van der Waals surface area contributed by atoms with Crippen LogP contribution in [0.15, 0.2) is 36.4 Å². The molecule has 2 rings (SSSR count). The number of ketones is 1. The van der Waals surface area contributed by atoms with E-state index in [0.29, 0.717) is 16.9 Å². The number of phenols is 2. The summed E-state index contributed by atoms with van der Waals surface area (Å²) in [5, 5.41) is 20.2. The fourth-order valence-corrected chi connectivity index (χ4v) is 3.12. The summed E-state index contributed by atoms with van der Waals surface area (Å²) in [6.07, 6.45) is 6.51. The third kappa shape index (κ3) is 5.38. The van der Waals surface area contributed by atoms with Crippen LogP contribution in [0.5, 0.6) is 17.2 Å². The van der Waals surface area contributed by atoms with Gasteiger partial charge in [0.15, 0.2) is 5.78 Å². The van der Waals surface area contributed by atoms with E-state index in [2.05, 4.69) is 13.8 Å². The number of rotatable bonds is 9. The second-order valence-corrected chi connectivity index (χ2v) is 7.20. The van der Waals surface area contributed by atoms with Crippen LogP contribution in [0, 0.1) is 0 Å². The predicted octanol–water partition coefficient (Wildman–Crippen LogP) is 5.69. The number of carbonyl (C=O) groups excluding carboxylic acids is 1. The van der Waals surface area contributed by atoms with Gasteiger partial charge in [0.1, 0.15) is 17.2 Å². The number of hydrogen-bond acceptors (Lipinski definition) is 4. The standard InChI is InChI=1S/C24H30O4/c1-5-7-18-15-19(8-6-2)24(28-16(3)4)21(23(18)27)13-14-22(26)17-9-11-20(25)12-10-17/h9-16,25,27H,5-8H2,1-4H3/b14-13+. The molecule has 2 aromatic carbocycles. The van der Waals surface area contributed by atoms with E-state index < -0.39 is 0 Å². The van der Waals surface area contributed by atoms with Crippen LogP contribution in [0.25, 0.3) is 6.08 Å². The molecule has 0 heterocycles. The van der Waals surface area contributed by atoms with E-state index in [1.807, 2.05) is 19.9 Å². The highest BCUT2D eigenvalue weighted by atomic mass is 16.5. The van der Waals surface area contributed by atoms with Crippen molar-refractivity contribution in [2.75, 3.05) is 0 Å². The third-order valence-electron chi connectivity index (χ3n) is 4.39. The zero-order valence-electron chi connectivity index (χ0n) is 17.2. The molecule has 4 heteroatoms. The number of ether oxygens (including phenoxy) is 1. The second kappa shape index (κ2) is 9.98. The molecular weight excluding hydrogens is 352 g/mol. The Hall–Kier alpha value is -2.75. The zero-order chi connectivity index (χ0) is 20.7. The van der Waals surface area contributed by atoms with Crippen molar-refractivity contribution in [3.05, 3.63) is 58.7 Å². The SMILES string of the molecule is CCCc1cc(CCC)c(OC(C)C)c(/C=C/C(=O)c2ccc(O)cc2)c1O. The Labute approximate surface area is 167 Å². The van der Waals surface area contributed by atoms with Gasteiger partial charge in [-0.2, -0.15) is 0 Å². The van der Waals surface area contributed by atoms with Gasteiger partial charge in [-0.1, -0.05) is 26.7 Å². The van der Waals surface area contributed by atoms with Gasteiger partial charge in [-0.25, -0.2) is 0 Å². The largest absolute Gasteiger partial charge is 0.508 e. The van der Waals surface area contributed by atoms with Crippen molar-refractivity contribution >= 4 is 11.9 Å². The highest BCUT2D eigenvalue weighted by Crippen LogP contribution is 2.38. The molecule has 0 aliphatic carbocycles. The lowest BCUT2D eigenvalue weighted by molar-refractivity contribution is 0.104. The monoisotopic (exact) mass is 382 g/mol. The summed E-state index contributed by atoms with van der Waals surface area (Å²) in [5.74, 6) is 0.728. The molecule has 4 nitrogen and oxygen atoms in total. The molecule has 0 fully saturated rings. The molecule has 150 valence electrons. The Balaban J connectivity index is 2.51. The number of aromatic hydroxyl groups is 2. The molecule has 28 heavy (non-hydrogen) atoms. The summed E-state index contributed by atoms with van der Waals surface area (Å²) < 4.78 is 6.04. The second-order valence-electron chi connectivity index (χ2n) is 7.20. The average molecular weight is 383 g/mol. The van der Waals surface area contributed by atoms with Crippen LogP contribution in [-0.4, -0.2) is 22.1 Å². The maximum atomic E-state index is 12.5. The van der Waals surface area contributed by atoms with Crippen molar-refractivity contribution in [3.8, 4) is 17.2 Å². The number of aryl methyl sites for hydroxylation is 2. The summed E-state index contributed by atoms with van der Waals surface area (Å²) in [5.41, 5.74) is 2.95. The molecule has 0 spiro atoms. The first kappa shape index (κ1) is 21.5. The minimum absolute atomic E-state index is 0.0491. The smallest absolute Gasteiger partial charge is 0.185 e. The van der Waals surface area contributed by atoms with Crippen LogP contribution in [0.1, 0.15) is 67.6 Å². The summed E-state index contributed by atoms with van der Waals surface area (Å²) in [4.78, 5) is 12.5. The van der Waals surface area contributed by atoms with Crippen molar-refractivity contribution in [1.82, 2.24) is 0 Å². The van der Waals surface area contributed by atoms with Crippen LogP contribution in [-0.2, 0) is 12.8 Å². The van der Waals surface area contributed by atoms with E-state index in [1.165, 1.54) is 18.2 Å². The molecule has 0 aliphatic heterocycles. The van der Waals surface area contributed by atoms with E-state index >= 15 is 0 Å². The van der Waals surface area contributed by atoms with E-state index in [1.54, 1.807) is 18.2 Å². The summed E-state index contributed by atoms with van der Waals surface area (Å²) in [6.45, 7) is 8.07. The molecule has 0 aromatic heterocycles. The lowest BCUT2D eigenvalue weighted by Crippen LogP contribution is -2.10. The van der Waals surface area contributed by atoms with Gasteiger partial charge in [-0.05, 0) is 80.3 Å². The molecule has 0 atom stereocenters. The maximum Gasteiger partial charge on any atom is 0.185 e. The fraction of sp³-hybridized carbons (Fsp3) is 0.375. The zero-order valence-corrected chi connectivity index (χ0v) is 17.2. The topological polar surface area (TPSA) is 66.8 Å².